The van der Waals surface area contributed by atoms with Crippen molar-refractivity contribution in [1.82, 2.24) is 4.90 Å². The molecule has 1 aliphatic rings. The topological polar surface area (TPSA) is 43.6 Å². The van der Waals surface area contributed by atoms with E-state index < -0.39 is 24.3 Å². The van der Waals surface area contributed by atoms with E-state index in [1.165, 1.54) is 24.3 Å². The Labute approximate surface area is 161 Å². The number of anilines is 1. The SMILES string of the molecule is CN1C(=NC(F)(F)F)C(=NC(F)(F)F)N(c2ccccc2)C1=Nc1ccccc1. The standard InChI is InChI=1S/C18H13F6N5/c1-28-14(26-17(19,20)21)15(27-18(22,23)24)29(13-10-6-3-7-11-13)16(28)25-12-8-4-2-5-9-12/h2-11H,1H3. The van der Waals surface area contributed by atoms with Gasteiger partial charge in [0.25, 0.3) is 0 Å². The largest absolute Gasteiger partial charge is 0.505 e. The average molecular weight is 413 g/mol. The van der Waals surface area contributed by atoms with Gasteiger partial charge in [0.2, 0.25) is 5.96 Å². The summed E-state index contributed by atoms with van der Waals surface area (Å²) in [6, 6.07) is 15.6. The first kappa shape index (κ1) is 20.4. The van der Waals surface area contributed by atoms with Gasteiger partial charge in [-0.3, -0.25) is 9.80 Å². The highest BCUT2D eigenvalue weighted by Gasteiger charge is 2.44. The number of amidine groups is 2. The summed E-state index contributed by atoms with van der Waals surface area (Å²) in [5.74, 6) is -2.26. The van der Waals surface area contributed by atoms with E-state index >= 15 is 0 Å². The molecule has 0 radical (unpaired) electrons. The van der Waals surface area contributed by atoms with E-state index in [-0.39, 0.29) is 11.6 Å². The van der Waals surface area contributed by atoms with E-state index in [1.54, 1.807) is 36.4 Å². The highest BCUT2D eigenvalue weighted by atomic mass is 19.4. The number of hydrogen-bond donors (Lipinski definition) is 0. The van der Waals surface area contributed by atoms with Crippen LogP contribution in [0, 0.1) is 0 Å². The summed E-state index contributed by atoms with van der Waals surface area (Å²) in [7, 11) is 1.14. The van der Waals surface area contributed by atoms with E-state index in [2.05, 4.69) is 15.0 Å². The van der Waals surface area contributed by atoms with E-state index in [1.807, 2.05) is 0 Å². The number of para-hydroxylation sites is 2. The van der Waals surface area contributed by atoms with Gasteiger partial charge in [-0.2, -0.15) is 9.98 Å². The summed E-state index contributed by atoms with van der Waals surface area (Å²) in [6.45, 7) is 0. The zero-order valence-electron chi connectivity index (χ0n) is 14.8. The van der Waals surface area contributed by atoms with Gasteiger partial charge in [-0.1, -0.05) is 36.4 Å². The molecule has 5 nitrogen and oxygen atoms in total. The van der Waals surface area contributed by atoms with Gasteiger partial charge in [-0.15, -0.1) is 26.3 Å². The average Bonchev–Trinajstić information content (AvgIpc) is 2.86. The smallest absolute Gasteiger partial charge is 0.296 e. The molecule has 0 aliphatic carbocycles. The summed E-state index contributed by atoms with van der Waals surface area (Å²) in [6.07, 6.45) is -10.2. The molecule has 1 fully saturated rings. The summed E-state index contributed by atoms with van der Waals surface area (Å²) in [5.41, 5.74) is 0.472. The monoisotopic (exact) mass is 413 g/mol. The van der Waals surface area contributed by atoms with Crippen molar-refractivity contribution in [3.63, 3.8) is 0 Å². The molecule has 0 N–H and O–H groups in total. The van der Waals surface area contributed by atoms with Crippen LogP contribution >= 0.6 is 0 Å². The minimum absolute atomic E-state index is 0.143. The maximum Gasteiger partial charge on any atom is 0.505 e. The molecular weight excluding hydrogens is 400 g/mol. The molecule has 3 rings (SSSR count). The Hall–Kier alpha value is -3.37. The Morgan fingerprint density at radius 2 is 1.17 bits per heavy atom. The lowest BCUT2D eigenvalue weighted by molar-refractivity contribution is -0.121. The lowest BCUT2D eigenvalue weighted by atomic mass is 10.3. The number of nitrogens with zero attached hydrogens (tertiary/aromatic N) is 5. The summed E-state index contributed by atoms with van der Waals surface area (Å²) in [5, 5.41) is 0. The predicted octanol–water partition coefficient (Wildman–Crippen LogP) is 4.96. The maximum absolute atomic E-state index is 13.1. The zero-order chi connectivity index (χ0) is 21.2. The number of likely N-dealkylation sites (N-methyl/N-ethyl adjacent to an activating group) is 1. The van der Waals surface area contributed by atoms with Crippen LogP contribution in [0.2, 0.25) is 0 Å². The van der Waals surface area contributed by atoms with Crippen molar-refractivity contribution in [2.24, 2.45) is 15.0 Å². The predicted molar refractivity (Wildman–Crippen MR) is 97.2 cm³/mol. The van der Waals surface area contributed by atoms with E-state index in [9.17, 15) is 26.3 Å². The van der Waals surface area contributed by atoms with E-state index in [4.69, 9.17) is 0 Å². The molecule has 0 spiro atoms. The van der Waals surface area contributed by atoms with Crippen molar-refractivity contribution in [2.45, 2.75) is 12.6 Å². The van der Waals surface area contributed by atoms with Crippen molar-refractivity contribution in [3.05, 3.63) is 60.7 Å². The Morgan fingerprint density at radius 3 is 1.69 bits per heavy atom. The lowest BCUT2D eigenvalue weighted by Crippen LogP contribution is -2.34. The molecule has 0 saturated carbocycles. The van der Waals surface area contributed by atoms with Crippen LogP contribution in [0.5, 0.6) is 0 Å². The Morgan fingerprint density at radius 1 is 0.690 bits per heavy atom. The van der Waals surface area contributed by atoms with Crippen LogP contribution in [0.1, 0.15) is 0 Å². The molecule has 11 heteroatoms. The van der Waals surface area contributed by atoms with E-state index in [0.717, 1.165) is 16.8 Å². The normalized spacial score (nSPS) is 19.6. The second kappa shape index (κ2) is 7.57. The van der Waals surface area contributed by atoms with Crippen LogP contribution in [-0.2, 0) is 0 Å². The van der Waals surface area contributed by atoms with Gasteiger partial charge in [-0.05, 0) is 24.3 Å². The van der Waals surface area contributed by atoms with Gasteiger partial charge < -0.3 is 0 Å². The molecule has 2 aromatic carbocycles. The molecule has 1 heterocycles. The van der Waals surface area contributed by atoms with Gasteiger partial charge >= 0.3 is 12.6 Å². The summed E-state index contributed by atoms with van der Waals surface area (Å²) < 4.78 is 78.1. The Kier molecular flexibility index (Phi) is 5.31. The number of aliphatic imine (C=N–C) groups is 3. The lowest BCUT2D eigenvalue weighted by Gasteiger charge is -2.19. The molecule has 1 saturated heterocycles. The number of halogens is 6. The fraction of sp³-hybridized carbons (Fsp3) is 0.167. The van der Waals surface area contributed by atoms with Gasteiger partial charge in [0.15, 0.2) is 11.7 Å². The van der Waals surface area contributed by atoms with Crippen LogP contribution in [0.4, 0.5) is 37.7 Å². The third-order valence-electron chi connectivity index (χ3n) is 3.69. The highest BCUT2D eigenvalue weighted by molar-refractivity contribution is 6.57. The first-order valence-electron chi connectivity index (χ1n) is 8.11. The van der Waals surface area contributed by atoms with E-state index in [0.29, 0.717) is 5.69 Å². The van der Waals surface area contributed by atoms with Crippen LogP contribution < -0.4 is 4.90 Å². The number of benzene rings is 2. The molecule has 2 aromatic rings. The second-order valence-corrected chi connectivity index (χ2v) is 5.78. The fourth-order valence-corrected chi connectivity index (χ4v) is 2.61. The van der Waals surface area contributed by atoms with Crippen LogP contribution in [0.15, 0.2) is 75.6 Å². The fourth-order valence-electron chi connectivity index (χ4n) is 2.61. The van der Waals surface area contributed by atoms with Gasteiger partial charge in [0.1, 0.15) is 0 Å². The molecule has 0 unspecified atom stereocenters. The van der Waals surface area contributed by atoms with Crippen molar-refractivity contribution in [1.29, 1.82) is 0 Å². The third kappa shape index (κ3) is 4.92. The van der Waals surface area contributed by atoms with Gasteiger partial charge in [-0.25, -0.2) is 4.99 Å². The second-order valence-electron chi connectivity index (χ2n) is 5.78. The molecule has 1 aliphatic heterocycles. The van der Waals surface area contributed by atoms with Crippen molar-refractivity contribution in [3.8, 4) is 0 Å². The van der Waals surface area contributed by atoms with Crippen molar-refractivity contribution < 1.29 is 26.3 Å². The first-order chi connectivity index (χ1) is 13.6. The van der Waals surface area contributed by atoms with Crippen LogP contribution in [0.3, 0.4) is 0 Å². The summed E-state index contributed by atoms with van der Waals surface area (Å²) in [4.78, 5) is 11.0. The quantitative estimate of drug-likeness (QED) is 0.516. The molecule has 152 valence electrons. The molecular formula is C18H13F6N5. The van der Waals surface area contributed by atoms with Gasteiger partial charge in [0.05, 0.1) is 11.4 Å². The minimum atomic E-state index is -5.13. The Bertz CT molecular complexity index is 948. The highest BCUT2D eigenvalue weighted by Crippen LogP contribution is 2.30. The van der Waals surface area contributed by atoms with Crippen LogP contribution in [-0.4, -0.2) is 42.2 Å². The van der Waals surface area contributed by atoms with Crippen molar-refractivity contribution >= 4 is 29.0 Å². The number of rotatable bonds is 2. The summed E-state index contributed by atoms with van der Waals surface area (Å²) >= 11 is 0. The van der Waals surface area contributed by atoms with Crippen LogP contribution in [0.25, 0.3) is 0 Å². The molecule has 0 aromatic heterocycles. The molecule has 29 heavy (non-hydrogen) atoms. The number of guanidine groups is 1. The minimum Gasteiger partial charge on any atom is -0.296 e. The molecule has 0 bridgehead atoms. The zero-order valence-corrected chi connectivity index (χ0v) is 14.8. The Balaban J connectivity index is 2.28. The number of alkyl halides is 6. The number of hydrogen-bond acceptors (Lipinski definition) is 3. The molecule has 0 atom stereocenters. The third-order valence-corrected chi connectivity index (χ3v) is 3.69. The molecule has 0 amide bonds. The first-order valence-corrected chi connectivity index (χ1v) is 8.11. The van der Waals surface area contributed by atoms with Crippen molar-refractivity contribution in [2.75, 3.05) is 11.9 Å². The maximum atomic E-state index is 13.1. The van der Waals surface area contributed by atoms with Gasteiger partial charge in [0, 0.05) is 7.05 Å².